The first-order valence-electron chi connectivity index (χ1n) is 7.80. The zero-order valence-corrected chi connectivity index (χ0v) is 13.4. The number of halogens is 5. The summed E-state index contributed by atoms with van der Waals surface area (Å²) >= 11 is 0. The van der Waals surface area contributed by atoms with Crippen LogP contribution in [-0.2, 0) is 19.1 Å². The van der Waals surface area contributed by atoms with Crippen molar-refractivity contribution in [3.63, 3.8) is 0 Å². The first kappa shape index (κ1) is 17.4. The molecule has 3 rings (SSSR count). The van der Waals surface area contributed by atoms with E-state index in [9.17, 15) is 22.0 Å². The third kappa shape index (κ3) is 3.50. The van der Waals surface area contributed by atoms with E-state index in [0.717, 1.165) is 30.7 Å². The van der Waals surface area contributed by atoms with E-state index >= 15 is 0 Å². The van der Waals surface area contributed by atoms with E-state index in [0.29, 0.717) is 17.5 Å². The van der Waals surface area contributed by atoms with Gasteiger partial charge in [0, 0.05) is 17.0 Å². The lowest BCUT2D eigenvalue weighted by molar-refractivity contribution is -0.137. The second-order valence-electron chi connectivity index (χ2n) is 5.82. The molecule has 0 N–H and O–H groups in total. The molecular weight excluding hydrogens is 339 g/mol. The maximum Gasteiger partial charge on any atom is 0.416 e. The van der Waals surface area contributed by atoms with Gasteiger partial charge in [-0.3, -0.25) is 4.68 Å². The van der Waals surface area contributed by atoms with Gasteiger partial charge in [0.25, 0.3) is 0 Å². The SMILES string of the molecule is CCCc1nn(Cc2ccc(F)cc2F)c2cc(C(F)(F)F)ccc12. The molecule has 1 heterocycles. The number of fused-ring (bicyclic) bond motifs is 1. The Morgan fingerprint density at radius 1 is 1.04 bits per heavy atom. The van der Waals surface area contributed by atoms with Gasteiger partial charge in [0.1, 0.15) is 11.6 Å². The van der Waals surface area contributed by atoms with E-state index in [1.54, 1.807) is 0 Å². The summed E-state index contributed by atoms with van der Waals surface area (Å²) in [4.78, 5) is 0. The lowest BCUT2D eigenvalue weighted by Crippen LogP contribution is -2.07. The van der Waals surface area contributed by atoms with Gasteiger partial charge in [0.15, 0.2) is 0 Å². The number of hydrogen-bond donors (Lipinski definition) is 0. The molecule has 2 nitrogen and oxygen atoms in total. The third-order valence-corrected chi connectivity index (χ3v) is 3.98. The zero-order chi connectivity index (χ0) is 18.2. The van der Waals surface area contributed by atoms with E-state index < -0.39 is 23.4 Å². The summed E-state index contributed by atoms with van der Waals surface area (Å²) in [5.74, 6) is -1.47. The standard InChI is InChI=1S/C18H15F5N2/c1-2-3-16-14-7-5-12(18(21,22)23)8-17(14)25(24-16)10-11-4-6-13(19)9-15(11)20/h4-9H,2-3,10H2,1H3. The van der Waals surface area contributed by atoms with Gasteiger partial charge in [-0.05, 0) is 24.6 Å². The summed E-state index contributed by atoms with van der Waals surface area (Å²) in [6.45, 7) is 1.86. The Morgan fingerprint density at radius 2 is 1.80 bits per heavy atom. The fourth-order valence-electron chi connectivity index (χ4n) is 2.77. The van der Waals surface area contributed by atoms with Gasteiger partial charge >= 0.3 is 6.18 Å². The largest absolute Gasteiger partial charge is 0.416 e. The molecule has 0 atom stereocenters. The van der Waals surface area contributed by atoms with Crippen molar-refractivity contribution in [3.8, 4) is 0 Å². The first-order valence-corrected chi connectivity index (χ1v) is 7.80. The maximum absolute atomic E-state index is 13.9. The predicted octanol–water partition coefficient (Wildman–Crippen LogP) is 5.33. The van der Waals surface area contributed by atoms with Crippen molar-refractivity contribution in [3.05, 3.63) is 64.9 Å². The molecule has 1 aromatic heterocycles. The van der Waals surface area contributed by atoms with Crippen molar-refractivity contribution >= 4 is 10.9 Å². The van der Waals surface area contributed by atoms with Crippen molar-refractivity contribution < 1.29 is 22.0 Å². The van der Waals surface area contributed by atoms with Gasteiger partial charge < -0.3 is 0 Å². The van der Waals surface area contributed by atoms with Crippen LogP contribution in [0.2, 0.25) is 0 Å². The van der Waals surface area contributed by atoms with Crippen molar-refractivity contribution in [2.24, 2.45) is 0 Å². The number of hydrogen-bond acceptors (Lipinski definition) is 1. The first-order chi connectivity index (χ1) is 11.8. The average Bonchev–Trinajstić information content (AvgIpc) is 2.87. The molecular formula is C18H15F5N2. The smallest absolute Gasteiger partial charge is 0.260 e. The molecule has 0 spiro atoms. The quantitative estimate of drug-likeness (QED) is 0.579. The Morgan fingerprint density at radius 3 is 2.44 bits per heavy atom. The lowest BCUT2D eigenvalue weighted by Gasteiger charge is -2.09. The molecule has 2 aromatic carbocycles. The van der Waals surface area contributed by atoms with Crippen LogP contribution in [0.3, 0.4) is 0 Å². The van der Waals surface area contributed by atoms with Crippen LogP contribution in [0.5, 0.6) is 0 Å². The van der Waals surface area contributed by atoms with Crippen LogP contribution in [0, 0.1) is 11.6 Å². The molecule has 3 aromatic rings. The van der Waals surface area contributed by atoms with Crippen molar-refractivity contribution in [1.82, 2.24) is 9.78 Å². The van der Waals surface area contributed by atoms with Crippen LogP contribution in [0.1, 0.15) is 30.2 Å². The zero-order valence-electron chi connectivity index (χ0n) is 13.4. The number of aryl methyl sites for hydroxylation is 1. The summed E-state index contributed by atoms with van der Waals surface area (Å²) in [6, 6.07) is 6.56. The van der Waals surface area contributed by atoms with Crippen LogP contribution in [-0.4, -0.2) is 9.78 Å². The second-order valence-corrected chi connectivity index (χ2v) is 5.82. The van der Waals surface area contributed by atoms with Gasteiger partial charge in [-0.1, -0.05) is 25.5 Å². The van der Waals surface area contributed by atoms with Gasteiger partial charge in [0.05, 0.1) is 23.3 Å². The highest BCUT2D eigenvalue weighted by atomic mass is 19.4. The van der Waals surface area contributed by atoms with E-state index in [1.165, 1.54) is 16.8 Å². The molecule has 0 amide bonds. The fraction of sp³-hybridized carbons (Fsp3) is 0.278. The molecule has 0 fully saturated rings. The molecule has 0 radical (unpaired) electrons. The van der Waals surface area contributed by atoms with Crippen molar-refractivity contribution in [2.75, 3.05) is 0 Å². The third-order valence-electron chi connectivity index (χ3n) is 3.98. The number of nitrogens with zero attached hydrogens (tertiary/aromatic N) is 2. The van der Waals surface area contributed by atoms with Gasteiger partial charge in [-0.25, -0.2) is 8.78 Å². The van der Waals surface area contributed by atoms with E-state index in [1.807, 2.05) is 6.92 Å². The lowest BCUT2D eigenvalue weighted by atomic mass is 10.1. The molecule has 0 aliphatic heterocycles. The predicted molar refractivity (Wildman–Crippen MR) is 84.2 cm³/mol. The second kappa shape index (κ2) is 6.46. The Bertz CT molecular complexity index is 912. The highest BCUT2D eigenvalue weighted by Gasteiger charge is 2.31. The van der Waals surface area contributed by atoms with Gasteiger partial charge in [-0.2, -0.15) is 18.3 Å². The average molecular weight is 354 g/mol. The summed E-state index contributed by atoms with van der Waals surface area (Å²) < 4.78 is 67.3. The number of aromatic nitrogens is 2. The topological polar surface area (TPSA) is 17.8 Å². The van der Waals surface area contributed by atoms with Gasteiger partial charge in [0.2, 0.25) is 0 Å². The minimum absolute atomic E-state index is 0.0758. The number of benzene rings is 2. The Kier molecular flexibility index (Phi) is 4.49. The molecule has 0 saturated heterocycles. The molecule has 25 heavy (non-hydrogen) atoms. The van der Waals surface area contributed by atoms with Gasteiger partial charge in [-0.15, -0.1) is 0 Å². The molecule has 0 aliphatic carbocycles. The minimum Gasteiger partial charge on any atom is -0.260 e. The van der Waals surface area contributed by atoms with Crippen LogP contribution >= 0.6 is 0 Å². The summed E-state index contributed by atoms with van der Waals surface area (Å²) in [5.41, 5.74) is 0.311. The molecule has 132 valence electrons. The molecule has 0 aliphatic rings. The molecule has 7 heteroatoms. The summed E-state index contributed by atoms with van der Waals surface area (Å²) in [7, 11) is 0. The van der Waals surface area contributed by atoms with E-state index in [-0.39, 0.29) is 17.6 Å². The van der Waals surface area contributed by atoms with Crippen LogP contribution in [0.25, 0.3) is 10.9 Å². The highest BCUT2D eigenvalue weighted by Crippen LogP contribution is 2.32. The van der Waals surface area contributed by atoms with Crippen LogP contribution in [0.4, 0.5) is 22.0 Å². The number of alkyl halides is 3. The highest BCUT2D eigenvalue weighted by molar-refractivity contribution is 5.83. The monoisotopic (exact) mass is 354 g/mol. The molecule has 0 saturated carbocycles. The minimum atomic E-state index is -4.48. The Labute approximate surface area is 140 Å². The Balaban J connectivity index is 2.12. The number of rotatable bonds is 4. The Hall–Kier alpha value is -2.44. The fourth-order valence-corrected chi connectivity index (χ4v) is 2.77. The normalized spacial score (nSPS) is 12.1. The van der Waals surface area contributed by atoms with Crippen LogP contribution in [0.15, 0.2) is 36.4 Å². The van der Waals surface area contributed by atoms with Crippen molar-refractivity contribution in [2.45, 2.75) is 32.5 Å². The molecule has 0 unspecified atom stereocenters. The summed E-state index contributed by atoms with van der Waals surface area (Å²) in [5, 5.41) is 4.96. The molecule has 0 bridgehead atoms. The van der Waals surface area contributed by atoms with E-state index in [2.05, 4.69) is 5.10 Å². The van der Waals surface area contributed by atoms with Crippen molar-refractivity contribution in [1.29, 1.82) is 0 Å². The van der Waals surface area contributed by atoms with Crippen LogP contribution < -0.4 is 0 Å². The summed E-state index contributed by atoms with van der Waals surface area (Å²) in [6.07, 6.45) is -3.10. The maximum atomic E-state index is 13.9. The van der Waals surface area contributed by atoms with E-state index in [4.69, 9.17) is 0 Å².